The van der Waals surface area contributed by atoms with Crippen LogP contribution in [0.15, 0.2) is 58.0 Å². The number of piperidine rings is 1. The summed E-state index contributed by atoms with van der Waals surface area (Å²) >= 11 is 0. The van der Waals surface area contributed by atoms with Crippen molar-refractivity contribution >= 4 is 34.1 Å². The van der Waals surface area contributed by atoms with Crippen LogP contribution in [0.5, 0.6) is 17.2 Å². The number of aromatic hydroxyl groups is 2. The van der Waals surface area contributed by atoms with Crippen LogP contribution >= 0.6 is 0 Å². The first-order chi connectivity index (χ1) is 34.1. The SMILES string of the molecule is C/C1=C/C=C/[C@H](C)C[C@@H](C)[C@@H](O)[C@@H](C)C(OC(=O)CN(N)/C=C(\N)CC2CCCCC2)[C@H](C)C/C=C/OC2(C)Oc3c(C)c(O)c4c(O)c(c5c(c4c3C2=O)=NC2(CCN(CC(C)C)CC2)N=5)NC1=O.CO. The topological polar surface area (TPSA) is 255 Å². The number of aliphatic hydroxyl groups is 2. The van der Waals surface area contributed by atoms with Crippen molar-refractivity contribution in [1.29, 1.82) is 0 Å². The van der Waals surface area contributed by atoms with E-state index in [1.54, 1.807) is 38.3 Å². The number of allylic oxidation sites excluding steroid dienone is 5. The fourth-order valence-corrected chi connectivity index (χ4v) is 11.2. The van der Waals surface area contributed by atoms with Crippen LogP contribution in [0.4, 0.5) is 5.69 Å². The van der Waals surface area contributed by atoms with Crippen LogP contribution in [-0.4, -0.2) is 105 Å². The number of carbonyl (C=O) groups is 3. The number of likely N-dealkylation sites (tertiary alicyclic amines) is 1. The quantitative estimate of drug-likeness (QED) is 0.0630. The number of hydrazine groups is 1. The molecule has 5 bridgehead atoms. The number of esters is 1. The smallest absolute Gasteiger partial charge is 0.327 e. The van der Waals surface area contributed by atoms with Gasteiger partial charge < -0.3 is 55.6 Å². The van der Waals surface area contributed by atoms with Gasteiger partial charge in [0.1, 0.15) is 35.2 Å². The average molecular weight is 1000 g/mol. The minimum absolute atomic E-state index is 0.0120. The second-order valence-corrected chi connectivity index (χ2v) is 21.6. The molecule has 1 saturated carbocycles. The molecule has 396 valence electrons. The molecule has 1 amide bonds. The van der Waals surface area contributed by atoms with E-state index in [1.165, 1.54) is 37.5 Å². The number of ether oxygens (including phenoxy) is 3. The molecule has 1 aliphatic carbocycles. The van der Waals surface area contributed by atoms with E-state index in [0.29, 0.717) is 55.2 Å². The van der Waals surface area contributed by atoms with Crippen molar-refractivity contribution in [3.63, 3.8) is 0 Å². The number of phenols is 2. The zero-order valence-electron chi connectivity index (χ0n) is 44.2. The molecule has 1 saturated heterocycles. The summed E-state index contributed by atoms with van der Waals surface area (Å²) in [5.74, 6) is 1.90. The van der Waals surface area contributed by atoms with Gasteiger partial charge in [-0.15, -0.1) is 0 Å². The van der Waals surface area contributed by atoms with Crippen LogP contribution in [0, 0.1) is 42.4 Å². The summed E-state index contributed by atoms with van der Waals surface area (Å²) in [6, 6.07) is 0. The van der Waals surface area contributed by atoms with E-state index in [-0.39, 0.29) is 74.1 Å². The Bertz CT molecular complexity index is 2580. The molecule has 2 aromatic carbocycles. The van der Waals surface area contributed by atoms with E-state index in [1.807, 2.05) is 33.8 Å². The Kier molecular flexibility index (Phi) is 18.3. The molecule has 9 N–H and O–H groups in total. The Morgan fingerprint density at radius 2 is 1.68 bits per heavy atom. The molecule has 17 nitrogen and oxygen atoms in total. The minimum atomic E-state index is -1.90. The molecular formula is C55H81N7O10. The standard InChI is InChI=1S/C54H77N7O9.CH4O/c1-30(2)27-60-22-20-54(21-23-60)58-43-40-41-47(64)36(8)50-42(40)51(66)53(9,70-50)68-24-14-17-32(4)49(69-39(62)29-61(56)28-38(55)26-37-18-11-10-12-19-37)35(7)46(63)34(6)25-31(3)15-13-16-33(5)52(67)57-45(48(41)65)44(43)59-54;1-2/h13-16,24,28,30-32,34-35,37,46,49,63-65H,10-12,17-23,25-27,29,55-56H2,1-9H3,(H,57,67);2H,1H3/b15-13+,24-14+,33-16-,38-28-;/t31-,32+,34+,35+,46+,49?,53?;/m0./s1. The number of nitrogens with two attached hydrogens (primary N) is 2. The Labute approximate surface area is 424 Å². The van der Waals surface area contributed by atoms with E-state index in [0.717, 1.165) is 39.6 Å². The summed E-state index contributed by atoms with van der Waals surface area (Å²) in [6.07, 6.45) is 17.1. The van der Waals surface area contributed by atoms with Crippen molar-refractivity contribution in [3.8, 4) is 17.2 Å². The van der Waals surface area contributed by atoms with Gasteiger partial charge >= 0.3 is 11.8 Å². The summed E-state index contributed by atoms with van der Waals surface area (Å²) in [5, 5.41) is 47.7. The average Bonchev–Trinajstić information content (AvgIpc) is 3.83. The number of fused-ring (bicyclic) bond motifs is 13. The second-order valence-electron chi connectivity index (χ2n) is 21.6. The number of phenolic OH excluding ortho intramolecular Hbond substituents is 2. The highest BCUT2D eigenvalue weighted by Gasteiger charge is 2.50. The van der Waals surface area contributed by atoms with Crippen molar-refractivity contribution < 1.29 is 49.0 Å². The molecule has 2 unspecified atom stereocenters. The van der Waals surface area contributed by atoms with E-state index in [2.05, 4.69) is 24.1 Å². The number of carbonyl (C=O) groups excluding carboxylic acids is 3. The normalized spacial score (nSPS) is 28.9. The lowest BCUT2D eigenvalue weighted by molar-refractivity contribution is -0.159. The molecule has 1 spiro atoms. The van der Waals surface area contributed by atoms with Gasteiger partial charge in [-0.2, -0.15) is 0 Å². The van der Waals surface area contributed by atoms with Crippen LogP contribution < -0.4 is 32.3 Å². The van der Waals surface area contributed by atoms with Gasteiger partial charge in [0.05, 0.1) is 28.7 Å². The lowest BCUT2D eigenvalue weighted by atomic mass is 9.80. The molecule has 5 heterocycles. The molecule has 2 fully saturated rings. The molecule has 8 rings (SSSR count). The Hall–Kier alpha value is -5.49. The Morgan fingerprint density at radius 1 is 1.01 bits per heavy atom. The van der Waals surface area contributed by atoms with Gasteiger partial charge in [0.25, 0.3) is 11.7 Å². The third-order valence-corrected chi connectivity index (χ3v) is 15.1. The maximum Gasteiger partial charge on any atom is 0.327 e. The first-order valence-electron chi connectivity index (χ1n) is 25.9. The molecule has 7 atom stereocenters. The van der Waals surface area contributed by atoms with Gasteiger partial charge in [0.2, 0.25) is 0 Å². The van der Waals surface area contributed by atoms with Crippen molar-refractivity contribution in [3.05, 3.63) is 69.9 Å². The van der Waals surface area contributed by atoms with E-state index in [9.17, 15) is 29.7 Å². The maximum absolute atomic E-state index is 14.8. The number of hydrogen-bond donors (Lipinski definition) is 7. The van der Waals surface area contributed by atoms with Gasteiger partial charge in [-0.05, 0) is 68.8 Å². The highest BCUT2D eigenvalue weighted by molar-refractivity contribution is 6.19. The summed E-state index contributed by atoms with van der Waals surface area (Å²) in [6.45, 7) is 19.0. The zero-order chi connectivity index (χ0) is 52.8. The van der Waals surface area contributed by atoms with Crippen LogP contribution in [0.2, 0.25) is 0 Å². The number of ketones is 1. The van der Waals surface area contributed by atoms with E-state index in [4.69, 9.17) is 40.9 Å². The Balaban J connectivity index is 0.00000418. The zero-order valence-corrected chi connectivity index (χ0v) is 44.2. The fourth-order valence-electron chi connectivity index (χ4n) is 11.2. The highest BCUT2D eigenvalue weighted by Crippen LogP contribution is 2.50. The second kappa shape index (κ2) is 23.6. The Morgan fingerprint density at radius 3 is 2.35 bits per heavy atom. The number of aliphatic hydroxyl groups excluding tert-OH is 2. The number of Topliss-reactive ketones (excluding diaryl/α,β-unsaturated/α-hetero) is 1. The van der Waals surface area contributed by atoms with Crippen LogP contribution in [0.3, 0.4) is 0 Å². The van der Waals surface area contributed by atoms with Crippen molar-refractivity contribution in [1.82, 2.24) is 9.91 Å². The van der Waals surface area contributed by atoms with Gasteiger partial charge in [0, 0.05) is 80.8 Å². The molecule has 2 aromatic rings. The fraction of sp³-hybridized carbons (Fsp3) is 0.618. The monoisotopic (exact) mass is 1000 g/mol. The summed E-state index contributed by atoms with van der Waals surface area (Å²) in [4.78, 5) is 55.2. The number of amides is 1. The van der Waals surface area contributed by atoms with Crippen LogP contribution in [0.1, 0.15) is 136 Å². The van der Waals surface area contributed by atoms with Crippen LogP contribution in [-0.2, 0) is 19.1 Å². The molecule has 72 heavy (non-hydrogen) atoms. The number of nitrogens with zero attached hydrogens (tertiary/aromatic N) is 4. The molecule has 5 aliphatic heterocycles. The number of anilines is 1. The minimum Gasteiger partial charge on any atom is -0.507 e. The predicted octanol–water partition coefficient (Wildman–Crippen LogP) is 6.69. The van der Waals surface area contributed by atoms with E-state index < -0.39 is 53.0 Å². The first kappa shape index (κ1) is 55.8. The first-order valence-corrected chi connectivity index (χ1v) is 25.9. The number of rotatable bonds is 8. The summed E-state index contributed by atoms with van der Waals surface area (Å²) in [7, 11) is 1.00. The third-order valence-electron chi connectivity index (χ3n) is 15.1. The van der Waals surface area contributed by atoms with Gasteiger partial charge in [-0.25, -0.2) is 5.84 Å². The predicted molar refractivity (Wildman–Crippen MR) is 277 cm³/mol. The summed E-state index contributed by atoms with van der Waals surface area (Å²) < 4.78 is 18.7. The van der Waals surface area contributed by atoms with Gasteiger partial charge in [-0.1, -0.05) is 91.9 Å². The van der Waals surface area contributed by atoms with Gasteiger partial charge in [-0.3, -0.25) is 24.4 Å². The van der Waals surface area contributed by atoms with Crippen molar-refractivity contribution in [2.45, 2.75) is 150 Å². The number of nitrogens with one attached hydrogen (secondary N) is 1. The van der Waals surface area contributed by atoms with Crippen molar-refractivity contribution in [2.75, 3.05) is 38.6 Å². The van der Waals surface area contributed by atoms with Gasteiger partial charge in [0.15, 0.2) is 11.4 Å². The molecule has 17 heteroatoms. The molecule has 6 aliphatic rings. The third kappa shape index (κ3) is 12.3. The lowest BCUT2D eigenvalue weighted by Gasteiger charge is -2.36. The van der Waals surface area contributed by atoms with Crippen LogP contribution in [0.25, 0.3) is 10.8 Å². The van der Waals surface area contributed by atoms with E-state index >= 15 is 0 Å². The number of benzene rings is 2. The largest absolute Gasteiger partial charge is 0.507 e. The molecular weight excluding hydrogens is 919 g/mol. The maximum atomic E-state index is 14.8. The summed E-state index contributed by atoms with van der Waals surface area (Å²) in [5.41, 5.74) is 6.61. The highest BCUT2D eigenvalue weighted by atomic mass is 16.7. The molecule has 0 aromatic heterocycles. The lowest BCUT2D eigenvalue weighted by Crippen LogP contribution is -2.43. The van der Waals surface area contributed by atoms with Crippen molar-refractivity contribution in [2.24, 2.45) is 57.1 Å². The number of hydrogen-bond acceptors (Lipinski definition) is 16. The molecule has 0 radical (unpaired) electrons.